The Labute approximate surface area is 674 Å². The maximum Gasteiger partial charge on any atom is 0.159 e. The minimum absolute atomic E-state index is 0.211. The van der Waals surface area contributed by atoms with Crippen LogP contribution in [0.15, 0.2) is 409 Å². The van der Waals surface area contributed by atoms with Crippen molar-refractivity contribution in [2.75, 3.05) is 9.80 Å². The molecule has 0 N–H and O–H groups in total. The standard InChI is InChI=1S/2C56H39NO/c1-55(2)44-29-14-11-26-42(44)52-49(35-36-19-9-10-24-39(36)53(52)55)57(48-33-17-28-41-40-25-13-16-34-50(40)58-54(41)48)47-32-18-31-46-51(47)43-27-12-15-30-45(43)56(46,37-20-5-3-6-21-37)38-22-7-4-8-23-38;1-55(2)45-27-14-11-25-43(45)53-49(34-36-18-9-10-23-40(36)54(53)55)57(39-32-33-42-41-24-13-16-31-50(41)58-51(42)35-39)48-30-17-29-47-52(48)44-26-12-15-28-46(44)56(47,37-19-5-3-6-20-37)38-21-7-4-8-22-38/h2*3-35H,1-2H3. The lowest BCUT2D eigenvalue weighted by Crippen LogP contribution is -2.28. The highest BCUT2D eigenvalue weighted by atomic mass is 16.3. The number of benzene rings is 18. The number of anilines is 6. The molecule has 2 aromatic heterocycles. The van der Waals surface area contributed by atoms with Gasteiger partial charge in [-0.1, -0.05) is 367 Å². The monoisotopic (exact) mass is 1480 g/mol. The third-order valence-electron chi connectivity index (χ3n) is 26.2. The van der Waals surface area contributed by atoms with E-state index in [0.717, 1.165) is 78.0 Å². The maximum atomic E-state index is 6.95. The molecule has 2 heterocycles. The maximum absolute atomic E-state index is 6.95. The number of fused-ring (bicyclic) bond motifs is 22. The predicted molar refractivity (Wildman–Crippen MR) is 482 cm³/mol. The van der Waals surface area contributed by atoms with Gasteiger partial charge in [0.1, 0.15) is 16.7 Å². The second-order valence-corrected chi connectivity index (χ2v) is 32.7. The highest BCUT2D eigenvalue weighted by molar-refractivity contribution is 6.15. The summed E-state index contributed by atoms with van der Waals surface area (Å²) in [6, 6.07) is 147. The fraction of sp³-hybridized carbons (Fsp3) is 0.0714. The molecule has 0 unspecified atom stereocenters. The van der Waals surface area contributed by atoms with E-state index < -0.39 is 10.8 Å². The van der Waals surface area contributed by atoms with Crippen molar-refractivity contribution in [2.45, 2.75) is 49.4 Å². The molecule has 0 saturated carbocycles. The SMILES string of the molecule is CC1(C)c2ccccc2-c2c(N(c3ccc4c(c3)oc3ccccc34)c3cccc4c3-c3ccccc3C4(c3ccccc3)c3ccccc3)cc3ccccc3c21.CC1(C)c2ccccc2-c2c(N(c3cccc4c3-c3ccccc3C4(c3ccccc3)c3ccccc3)c3cccc4c3oc3ccccc34)cc3ccccc3c21. The Morgan fingerprint density at radius 2 is 0.552 bits per heavy atom. The summed E-state index contributed by atoms with van der Waals surface area (Å²) in [5.41, 5.74) is 34.2. The first-order valence-electron chi connectivity index (χ1n) is 40.5. The van der Waals surface area contributed by atoms with Gasteiger partial charge in [0.2, 0.25) is 0 Å². The summed E-state index contributed by atoms with van der Waals surface area (Å²) in [4.78, 5) is 5.08. The van der Waals surface area contributed by atoms with Gasteiger partial charge in [-0.15, -0.1) is 0 Å². The van der Waals surface area contributed by atoms with Crippen molar-refractivity contribution in [1.82, 2.24) is 0 Å². The number of nitrogens with zero attached hydrogens (tertiary/aromatic N) is 2. The zero-order chi connectivity index (χ0) is 77.2. The van der Waals surface area contributed by atoms with Crippen LogP contribution in [0.25, 0.3) is 110 Å². The first-order chi connectivity index (χ1) is 57.1. The molecule has 0 bridgehead atoms. The van der Waals surface area contributed by atoms with E-state index in [1.165, 1.54) is 133 Å². The van der Waals surface area contributed by atoms with E-state index in [-0.39, 0.29) is 10.8 Å². The minimum Gasteiger partial charge on any atom is -0.456 e. The average Bonchev–Trinajstić information content (AvgIpc) is 1.53. The summed E-state index contributed by atoms with van der Waals surface area (Å²) in [5, 5.41) is 9.49. The average molecular weight is 1480 g/mol. The van der Waals surface area contributed by atoms with E-state index in [1.54, 1.807) is 0 Å². The van der Waals surface area contributed by atoms with Gasteiger partial charge in [0.05, 0.1) is 39.3 Å². The molecule has 0 fully saturated rings. The van der Waals surface area contributed by atoms with E-state index in [2.05, 4.69) is 432 Å². The molecule has 20 aromatic rings. The van der Waals surface area contributed by atoms with Crippen LogP contribution < -0.4 is 9.80 Å². The highest BCUT2D eigenvalue weighted by Crippen LogP contribution is 2.66. The van der Waals surface area contributed by atoms with Crippen molar-refractivity contribution in [2.24, 2.45) is 0 Å². The summed E-state index contributed by atoms with van der Waals surface area (Å²) in [5.74, 6) is 0. The summed E-state index contributed by atoms with van der Waals surface area (Å²) in [6.07, 6.45) is 0. The first-order valence-corrected chi connectivity index (χ1v) is 40.5. The Balaban J connectivity index is 0.000000137. The van der Waals surface area contributed by atoms with E-state index >= 15 is 0 Å². The van der Waals surface area contributed by atoms with Gasteiger partial charge in [-0.3, -0.25) is 0 Å². The molecule has 116 heavy (non-hydrogen) atoms. The van der Waals surface area contributed by atoms with Gasteiger partial charge in [-0.2, -0.15) is 0 Å². The molecule has 0 atom stereocenters. The van der Waals surface area contributed by atoms with Gasteiger partial charge in [0, 0.05) is 66.4 Å². The quantitative estimate of drug-likeness (QED) is 0.137. The van der Waals surface area contributed by atoms with Gasteiger partial charge < -0.3 is 18.6 Å². The Bertz CT molecular complexity index is 7330. The lowest BCUT2D eigenvalue weighted by atomic mass is 9.68. The molecule has 0 radical (unpaired) electrons. The zero-order valence-corrected chi connectivity index (χ0v) is 64.8. The molecule has 4 aliphatic carbocycles. The minimum atomic E-state index is -0.540. The topological polar surface area (TPSA) is 32.8 Å². The molecule has 4 nitrogen and oxygen atoms in total. The van der Waals surface area contributed by atoms with Gasteiger partial charge >= 0.3 is 0 Å². The summed E-state index contributed by atoms with van der Waals surface area (Å²) >= 11 is 0. The normalized spacial score (nSPS) is 14.3. The molecule has 18 aromatic carbocycles. The van der Waals surface area contributed by atoms with E-state index in [0.29, 0.717) is 0 Å². The fourth-order valence-corrected chi connectivity index (χ4v) is 21.5. The van der Waals surface area contributed by atoms with Crippen molar-refractivity contribution >= 4 is 99.5 Å². The first kappa shape index (κ1) is 67.4. The Morgan fingerprint density at radius 1 is 0.216 bits per heavy atom. The lowest BCUT2D eigenvalue weighted by molar-refractivity contribution is 0.666. The molecule has 0 spiro atoms. The molecule has 0 saturated heterocycles. The highest BCUT2D eigenvalue weighted by Gasteiger charge is 2.51. The molecular formula is C112H78N2O2. The van der Waals surface area contributed by atoms with Gasteiger partial charge in [0.25, 0.3) is 0 Å². The molecule has 4 heteroatoms. The van der Waals surface area contributed by atoms with Crippen LogP contribution in [-0.4, -0.2) is 0 Å². The largest absolute Gasteiger partial charge is 0.456 e. The Kier molecular flexibility index (Phi) is 14.9. The number of para-hydroxylation sites is 3. The van der Waals surface area contributed by atoms with Crippen LogP contribution >= 0.6 is 0 Å². The van der Waals surface area contributed by atoms with Crippen molar-refractivity contribution in [3.63, 3.8) is 0 Å². The third kappa shape index (κ3) is 9.44. The molecule has 0 aliphatic heterocycles. The zero-order valence-electron chi connectivity index (χ0n) is 64.8. The van der Waals surface area contributed by atoms with Crippen LogP contribution in [0, 0.1) is 0 Å². The van der Waals surface area contributed by atoms with Crippen molar-refractivity contribution in [3.8, 4) is 44.5 Å². The number of hydrogen-bond donors (Lipinski definition) is 0. The molecule has 548 valence electrons. The Hall–Kier alpha value is -14.3. The van der Waals surface area contributed by atoms with E-state index in [1.807, 2.05) is 6.07 Å². The van der Waals surface area contributed by atoms with Crippen LogP contribution in [0.1, 0.15) is 94.5 Å². The lowest BCUT2D eigenvalue weighted by Gasteiger charge is -2.35. The van der Waals surface area contributed by atoms with Crippen molar-refractivity contribution in [3.05, 3.63) is 467 Å². The van der Waals surface area contributed by atoms with Gasteiger partial charge in [-0.25, -0.2) is 0 Å². The summed E-state index contributed by atoms with van der Waals surface area (Å²) in [6.45, 7) is 9.57. The number of furan rings is 2. The fourth-order valence-electron chi connectivity index (χ4n) is 21.5. The molecule has 4 aliphatic rings. The summed E-state index contributed by atoms with van der Waals surface area (Å²) in [7, 11) is 0. The van der Waals surface area contributed by atoms with Crippen LogP contribution in [0.3, 0.4) is 0 Å². The van der Waals surface area contributed by atoms with Crippen LogP contribution in [-0.2, 0) is 21.7 Å². The van der Waals surface area contributed by atoms with Crippen molar-refractivity contribution in [1.29, 1.82) is 0 Å². The van der Waals surface area contributed by atoms with Crippen LogP contribution in [0.4, 0.5) is 34.1 Å². The molecule has 0 amide bonds. The van der Waals surface area contributed by atoms with Gasteiger partial charge in [0.15, 0.2) is 5.58 Å². The van der Waals surface area contributed by atoms with Crippen molar-refractivity contribution < 1.29 is 8.83 Å². The summed E-state index contributed by atoms with van der Waals surface area (Å²) < 4.78 is 13.6. The predicted octanol–water partition coefficient (Wildman–Crippen LogP) is 29.8. The molecular weight excluding hydrogens is 1410 g/mol. The Morgan fingerprint density at radius 3 is 1.03 bits per heavy atom. The van der Waals surface area contributed by atoms with Gasteiger partial charge in [-0.05, 0) is 165 Å². The van der Waals surface area contributed by atoms with Crippen LogP contribution in [0.2, 0.25) is 0 Å². The smallest absolute Gasteiger partial charge is 0.159 e. The number of rotatable bonds is 10. The van der Waals surface area contributed by atoms with Crippen LogP contribution in [0.5, 0.6) is 0 Å². The van der Waals surface area contributed by atoms with E-state index in [4.69, 9.17) is 8.83 Å². The second-order valence-electron chi connectivity index (χ2n) is 32.7. The van der Waals surface area contributed by atoms with E-state index in [9.17, 15) is 0 Å². The molecule has 24 rings (SSSR count). The second kappa shape index (κ2) is 25.6. The third-order valence-corrected chi connectivity index (χ3v) is 26.2. The number of hydrogen-bond acceptors (Lipinski definition) is 4.